The van der Waals surface area contributed by atoms with E-state index in [-0.39, 0.29) is 24.0 Å². The Bertz CT molecular complexity index is 325. The first-order chi connectivity index (χ1) is 6.08. The van der Waals surface area contributed by atoms with Crippen molar-refractivity contribution >= 4 is 12.4 Å². The van der Waals surface area contributed by atoms with Crippen molar-refractivity contribution < 1.29 is 4.74 Å². The molecule has 78 valence electrons. The summed E-state index contributed by atoms with van der Waals surface area (Å²) in [6.07, 6.45) is 0.879. The second-order valence-corrected chi connectivity index (χ2v) is 4.21. The summed E-state index contributed by atoms with van der Waals surface area (Å²) in [5, 5.41) is 0. The second kappa shape index (κ2) is 3.79. The van der Waals surface area contributed by atoms with Gasteiger partial charge in [-0.25, -0.2) is 0 Å². The minimum atomic E-state index is -0.131. The van der Waals surface area contributed by atoms with Crippen LogP contribution >= 0.6 is 12.4 Å². The van der Waals surface area contributed by atoms with Gasteiger partial charge in [0.05, 0.1) is 0 Å². The molecule has 2 N–H and O–H groups in total. The molecule has 1 heterocycles. The van der Waals surface area contributed by atoms with Gasteiger partial charge in [0.15, 0.2) is 0 Å². The molecule has 3 heteroatoms. The molecule has 0 saturated carbocycles. The molecule has 1 unspecified atom stereocenters. The first-order valence-corrected chi connectivity index (χ1v) is 4.62. The largest absolute Gasteiger partial charge is 0.487 e. The van der Waals surface area contributed by atoms with Crippen LogP contribution in [0.2, 0.25) is 0 Å². The fourth-order valence-corrected chi connectivity index (χ4v) is 1.86. The highest BCUT2D eigenvalue weighted by Gasteiger charge is 2.31. The molecule has 1 aromatic rings. The number of hydrogen-bond acceptors (Lipinski definition) is 2. The lowest BCUT2D eigenvalue weighted by atomic mass is 9.90. The summed E-state index contributed by atoms with van der Waals surface area (Å²) in [4.78, 5) is 0. The fourth-order valence-electron chi connectivity index (χ4n) is 1.86. The molecule has 14 heavy (non-hydrogen) atoms. The zero-order valence-corrected chi connectivity index (χ0v) is 9.30. The van der Waals surface area contributed by atoms with Crippen LogP contribution in [0.4, 0.5) is 0 Å². The van der Waals surface area contributed by atoms with Gasteiger partial charge < -0.3 is 10.5 Å². The molecule has 0 radical (unpaired) electrons. The Hall–Kier alpha value is -0.730. The molecule has 0 bridgehead atoms. The minimum absolute atomic E-state index is 0. The number of rotatable bonds is 0. The SMILES string of the molecule is CC1(C)CC(N)c2ccccc2O1.Cl. The number of nitrogens with two attached hydrogens (primary N) is 1. The van der Waals surface area contributed by atoms with Gasteiger partial charge >= 0.3 is 0 Å². The van der Waals surface area contributed by atoms with Gasteiger partial charge in [-0.15, -0.1) is 12.4 Å². The summed E-state index contributed by atoms with van der Waals surface area (Å²) >= 11 is 0. The number of halogens is 1. The van der Waals surface area contributed by atoms with Crippen LogP contribution in [0.15, 0.2) is 24.3 Å². The molecular weight excluding hydrogens is 198 g/mol. The molecule has 0 aromatic heterocycles. The summed E-state index contributed by atoms with van der Waals surface area (Å²) < 4.78 is 5.81. The third-order valence-corrected chi connectivity index (χ3v) is 2.42. The van der Waals surface area contributed by atoms with Crippen molar-refractivity contribution in [2.45, 2.75) is 31.9 Å². The van der Waals surface area contributed by atoms with Gasteiger partial charge in [0.25, 0.3) is 0 Å². The molecule has 1 aliphatic heterocycles. The van der Waals surface area contributed by atoms with E-state index in [4.69, 9.17) is 10.5 Å². The Morgan fingerprint density at radius 2 is 2.00 bits per heavy atom. The Balaban J connectivity index is 0.000000980. The monoisotopic (exact) mass is 213 g/mol. The Kier molecular flexibility index (Phi) is 3.07. The smallest absolute Gasteiger partial charge is 0.124 e. The highest BCUT2D eigenvalue weighted by molar-refractivity contribution is 5.85. The van der Waals surface area contributed by atoms with Gasteiger partial charge in [-0.3, -0.25) is 0 Å². The van der Waals surface area contributed by atoms with Crippen molar-refractivity contribution in [3.63, 3.8) is 0 Å². The van der Waals surface area contributed by atoms with Gasteiger partial charge in [-0.05, 0) is 19.9 Å². The van der Waals surface area contributed by atoms with Crippen LogP contribution in [-0.2, 0) is 0 Å². The number of hydrogen-bond donors (Lipinski definition) is 1. The highest BCUT2D eigenvalue weighted by atomic mass is 35.5. The van der Waals surface area contributed by atoms with E-state index >= 15 is 0 Å². The van der Waals surface area contributed by atoms with Crippen molar-refractivity contribution in [2.75, 3.05) is 0 Å². The van der Waals surface area contributed by atoms with E-state index in [1.54, 1.807) is 0 Å². The quantitative estimate of drug-likeness (QED) is 0.719. The van der Waals surface area contributed by atoms with E-state index in [0.717, 1.165) is 17.7 Å². The van der Waals surface area contributed by atoms with E-state index in [9.17, 15) is 0 Å². The molecule has 0 saturated heterocycles. The topological polar surface area (TPSA) is 35.2 Å². The molecule has 0 aliphatic carbocycles. The van der Waals surface area contributed by atoms with Gasteiger partial charge in [-0.2, -0.15) is 0 Å². The van der Waals surface area contributed by atoms with E-state index < -0.39 is 0 Å². The molecule has 2 rings (SSSR count). The average Bonchev–Trinajstić information content (AvgIpc) is 2.02. The molecule has 2 nitrogen and oxygen atoms in total. The molecule has 1 atom stereocenters. The van der Waals surface area contributed by atoms with Crippen LogP contribution in [0.25, 0.3) is 0 Å². The van der Waals surface area contributed by atoms with E-state index in [2.05, 4.69) is 13.8 Å². The van der Waals surface area contributed by atoms with E-state index in [0.29, 0.717) is 0 Å². The van der Waals surface area contributed by atoms with Crippen LogP contribution in [0.5, 0.6) is 5.75 Å². The predicted octanol–water partition coefficient (Wildman–Crippen LogP) is 2.67. The second-order valence-electron chi connectivity index (χ2n) is 4.21. The predicted molar refractivity (Wildman–Crippen MR) is 59.9 cm³/mol. The van der Waals surface area contributed by atoms with Crippen molar-refractivity contribution in [2.24, 2.45) is 5.73 Å². The van der Waals surface area contributed by atoms with Crippen molar-refractivity contribution in [1.82, 2.24) is 0 Å². The summed E-state index contributed by atoms with van der Waals surface area (Å²) in [5.74, 6) is 0.936. The third kappa shape index (κ3) is 2.02. The van der Waals surface area contributed by atoms with Crippen LogP contribution in [0, 0.1) is 0 Å². The molecule has 1 aliphatic rings. The van der Waals surface area contributed by atoms with Gasteiger partial charge in [0, 0.05) is 18.0 Å². The number of benzene rings is 1. The minimum Gasteiger partial charge on any atom is -0.487 e. The fraction of sp³-hybridized carbons (Fsp3) is 0.455. The number of para-hydroxylation sites is 1. The zero-order valence-electron chi connectivity index (χ0n) is 8.49. The van der Waals surface area contributed by atoms with Crippen LogP contribution in [0.1, 0.15) is 31.9 Å². The van der Waals surface area contributed by atoms with Gasteiger partial charge in [-0.1, -0.05) is 18.2 Å². The Morgan fingerprint density at radius 1 is 1.36 bits per heavy atom. The molecule has 1 aromatic carbocycles. The molecule has 0 amide bonds. The van der Waals surface area contributed by atoms with Crippen molar-refractivity contribution in [3.05, 3.63) is 29.8 Å². The highest BCUT2D eigenvalue weighted by Crippen LogP contribution is 2.37. The lowest BCUT2D eigenvalue weighted by Crippen LogP contribution is -2.37. The zero-order chi connectivity index (χ0) is 9.47. The van der Waals surface area contributed by atoms with Crippen LogP contribution in [-0.4, -0.2) is 5.60 Å². The standard InChI is InChI=1S/C11H15NO.ClH/c1-11(2)7-9(12)8-5-3-4-6-10(8)13-11;/h3-6,9H,7,12H2,1-2H3;1H. The maximum Gasteiger partial charge on any atom is 0.124 e. The Labute approximate surface area is 90.9 Å². The van der Waals surface area contributed by atoms with E-state index in [1.807, 2.05) is 24.3 Å². The molecule has 0 fully saturated rings. The Morgan fingerprint density at radius 3 is 2.71 bits per heavy atom. The summed E-state index contributed by atoms with van der Waals surface area (Å²) in [5.41, 5.74) is 7.04. The number of ether oxygens (including phenoxy) is 1. The summed E-state index contributed by atoms with van der Waals surface area (Å²) in [7, 11) is 0. The van der Waals surface area contributed by atoms with Crippen molar-refractivity contribution in [1.29, 1.82) is 0 Å². The first kappa shape index (κ1) is 11.3. The lowest BCUT2D eigenvalue weighted by molar-refractivity contribution is 0.0729. The summed E-state index contributed by atoms with van der Waals surface area (Å²) in [6, 6.07) is 8.11. The van der Waals surface area contributed by atoms with Crippen LogP contribution < -0.4 is 10.5 Å². The average molecular weight is 214 g/mol. The lowest BCUT2D eigenvalue weighted by Gasteiger charge is -2.35. The van der Waals surface area contributed by atoms with Crippen LogP contribution in [0.3, 0.4) is 0 Å². The molecule has 0 spiro atoms. The first-order valence-electron chi connectivity index (χ1n) is 4.62. The van der Waals surface area contributed by atoms with Gasteiger partial charge in [0.1, 0.15) is 11.4 Å². The van der Waals surface area contributed by atoms with Crippen molar-refractivity contribution in [3.8, 4) is 5.75 Å². The molecular formula is C11H16ClNO. The maximum absolute atomic E-state index is 6.04. The third-order valence-electron chi connectivity index (χ3n) is 2.42. The maximum atomic E-state index is 6.04. The normalized spacial score (nSPS) is 22.9. The van der Waals surface area contributed by atoms with E-state index in [1.165, 1.54) is 0 Å². The van der Waals surface area contributed by atoms with Gasteiger partial charge in [0.2, 0.25) is 0 Å². The number of fused-ring (bicyclic) bond motifs is 1. The summed E-state index contributed by atoms with van der Waals surface area (Å²) in [6.45, 7) is 4.14.